The Balaban J connectivity index is 2.09. The van der Waals surface area contributed by atoms with Crippen molar-refractivity contribution in [3.05, 3.63) is 64.7 Å². The largest absolute Gasteiger partial charge is 0.296 e. The smallest absolute Gasteiger partial charge is 0.222 e. The van der Waals surface area contributed by atoms with Crippen molar-refractivity contribution in [1.82, 2.24) is 8.02 Å². The Morgan fingerprint density at radius 1 is 1.20 bits per heavy atom. The van der Waals surface area contributed by atoms with Crippen molar-refractivity contribution in [2.45, 2.75) is 13.5 Å². The molecular formula is C17H20ClN3O2S2. The van der Waals surface area contributed by atoms with Crippen molar-refractivity contribution in [3.63, 3.8) is 0 Å². The van der Waals surface area contributed by atoms with Crippen molar-refractivity contribution in [2.24, 2.45) is 4.99 Å². The molecule has 134 valence electrons. The van der Waals surface area contributed by atoms with Crippen molar-refractivity contribution < 1.29 is 8.42 Å². The average Bonchev–Trinajstić information content (AvgIpc) is 2.53. The van der Waals surface area contributed by atoms with Crippen molar-refractivity contribution in [1.29, 1.82) is 0 Å². The molecule has 0 aromatic heterocycles. The molecule has 0 radical (unpaired) electrons. The summed E-state index contributed by atoms with van der Waals surface area (Å²) in [7, 11) is -1.63. The van der Waals surface area contributed by atoms with E-state index >= 15 is 0 Å². The van der Waals surface area contributed by atoms with Crippen LogP contribution in [0.15, 0.2) is 53.5 Å². The maximum absolute atomic E-state index is 12.1. The predicted molar refractivity (Wildman–Crippen MR) is 107 cm³/mol. The van der Waals surface area contributed by atoms with E-state index in [0.29, 0.717) is 5.02 Å². The number of halogens is 1. The van der Waals surface area contributed by atoms with Gasteiger partial charge in [-0.2, -0.15) is 0 Å². The van der Waals surface area contributed by atoms with Gasteiger partial charge in [0.25, 0.3) is 0 Å². The molecule has 0 saturated carbocycles. The van der Waals surface area contributed by atoms with Crippen LogP contribution in [0.5, 0.6) is 0 Å². The Labute approximate surface area is 158 Å². The third-order valence-corrected chi connectivity index (χ3v) is 6.04. The topological polar surface area (TPSA) is 53.0 Å². The van der Waals surface area contributed by atoms with Gasteiger partial charge in [-0.25, -0.2) is 13.4 Å². The molecule has 0 saturated heterocycles. The molecule has 2 rings (SSSR count). The van der Waals surface area contributed by atoms with Gasteiger partial charge in [0.05, 0.1) is 30.6 Å². The average molecular weight is 398 g/mol. The summed E-state index contributed by atoms with van der Waals surface area (Å²) < 4.78 is 27.1. The zero-order chi connectivity index (χ0) is 18.4. The van der Waals surface area contributed by atoms with Gasteiger partial charge >= 0.3 is 0 Å². The first kappa shape index (κ1) is 19.8. The lowest BCUT2D eigenvalue weighted by Crippen LogP contribution is -2.27. The van der Waals surface area contributed by atoms with Gasteiger partial charge in [-0.15, -0.1) is 3.71 Å². The Kier molecular flexibility index (Phi) is 6.89. The number of sulfonamides is 1. The lowest BCUT2D eigenvalue weighted by atomic mass is 10.2. The second kappa shape index (κ2) is 8.71. The van der Waals surface area contributed by atoms with E-state index in [0.717, 1.165) is 28.9 Å². The lowest BCUT2D eigenvalue weighted by Gasteiger charge is -2.22. The Bertz CT molecular complexity index is 842. The summed E-state index contributed by atoms with van der Waals surface area (Å²) in [5.74, 6) is 0. The minimum Gasteiger partial charge on any atom is -0.296 e. The number of aliphatic imine (C=N–C) groups is 1. The number of hydrogen-bond donors (Lipinski definition) is 0. The Morgan fingerprint density at radius 3 is 2.48 bits per heavy atom. The molecule has 0 aliphatic heterocycles. The van der Waals surface area contributed by atoms with Crippen LogP contribution in [-0.4, -0.2) is 36.1 Å². The van der Waals surface area contributed by atoms with E-state index in [1.807, 2.05) is 49.4 Å². The quantitative estimate of drug-likeness (QED) is 0.398. The van der Waals surface area contributed by atoms with Gasteiger partial charge in [-0.3, -0.25) is 4.31 Å². The summed E-state index contributed by atoms with van der Waals surface area (Å²) in [5, 5.41) is 0.658. The number of benzene rings is 2. The van der Waals surface area contributed by atoms with Gasteiger partial charge in [0.1, 0.15) is 6.34 Å². The van der Waals surface area contributed by atoms with E-state index in [2.05, 4.69) is 4.99 Å². The third kappa shape index (κ3) is 6.36. The highest BCUT2D eigenvalue weighted by Crippen LogP contribution is 2.24. The van der Waals surface area contributed by atoms with Gasteiger partial charge < -0.3 is 0 Å². The van der Waals surface area contributed by atoms with Gasteiger partial charge in [0.15, 0.2) is 0 Å². The minimum absolute atomic E-state index is 0.280. The monoisotopic (exact) mass is 397 g/mol. The molecule has 5 nitrogen and oxygen atoms in total. The molecule has 25 heavy (non-hydrogen) atoms. The fraction of sp³-hybridized carbons (Fsp3) is 0.235. The lowest BCUT2D eigenvalue weighted by molar-refractivity contribution is 0.542. The van der Waals surface area contributed by atoms with Crippen LogP contribution < -0.4 is 0 Å². The van der Waals surface area contributed by atoms with Crippen LogP contribution in [-0.2, 0) is 16.6 Å². The van der Waals surface area contributed by atoms with Gasteiger partial charge in [-0.05, 0) is 36.2 Å². The number of aryl methyl sites for hydroxylation is 1. The Hall–Kier alpha value is -1.54. The first-order valence-corrected chi connectivity index (χ1v) is 10.4. The zero-order valence-electron chi connectivity index (χ0n) is 14.3. The first-order chi connectivity index (χ1) is 11.8. The van der Waals surface area contributed by atoms with E-state index in [4.69, 9.17) is 11.6 Å². The van der Waals surface area contributed by atoms with E-state index in [-0.39, 0.29) is 6.54 Å². The standard InChI is InChI=1S/C17H20ClN3O2S2/c1-14-11-16(18)9-10-17(14)19-13-20(2)24-21(25(3,22)23)12-15-7-5-4-6-8-15/h4-11,13H,12H2,1-3H3/b19-13+. The summed E-state index contributed by atoms with van der Waals surface area (Å²) in [5.41, 5.74) is 2.65. The molecule has 0 unspecified atom stereocenters. The van der Waals surface area contributed by atoms with E-state index in [9.17, 15) is 8.42 Å². The van der Waals surface area contributed by atoms with E-state index in [1.165, 1.54) is 9.97 Å². The fourth-order valence-electron chi connectivity index (χ4n) is 2.01. The van der Waals surface area contributed by atoms with Crippen LogP contribution in [0, 0.1) is 6.92 Å². The van der Waals surface area contributed by atoms with Gasteiger partial charge in [0.2, 0.25) is 10.0 Å². The van der Waals surface area contributed by atoms with Gasteiger partial charge in [0, 0.05) is 12.1 Å². The van der Waals surface area contributed by atoms with Crippen LogP contribution in [0.2, 0.25) is 5.02 Å². The number of hydrogen-bond acceptors (Lipinski definition) is 4. The maximum Gasteiger partial charge on any atom is 0.222 e. The summed E-state index contributed by atoms with van der Waals surface area (Å²) in [6, 6.07) is 14.9. The number of rotatable bonds is 7. The SMILES string of the molecule is Cc1cc(Cl)ccc1/N=C/N(C)SN(Cc1ccccc1)S(C)(=O)=O. The third-order valence-electron chi connectivity index (χ3n) is 3.26. The van der Waals surface area contributed by atoms with Crippen LogP contribution in [0.1, 0.15) is 11.1 Å². The summed E-state index contributed by atoms with van der Waals surface area (Å²) >= 11 is 7.01. The molecule has 0 fully saturated rings. The van der Waals surface area contributed by atoms with Crippen LogP contribution >= 0.6 is 23.7 Å². The molecule has 8 heteroatoms. The molecule has 0 heterocycles. The maximum atomic E-state index is 12.1. The molecule has 0 aliphatic carbocycles. The molecule has 0 spiro atoms. The fourth-order valence-corrected chi connectivity index (χ4v) is 4.00. The molecule has 0 aliphatic rings. The summed E-state index contributed by atoms with van der Waals surface area (Å²) in [6.07, 6.45) is 2.78. The molecule has 2 aromatic carbocycles. The second-order valence-electron chi connectivity index (χ2n) is 5.51. The highest BCUT2D eigenvalue weighted by Gasteiger charge is 2.19. The highest BCUT2D eigenvalue weighted by atomic mass is 35.5. The van der Waals surface area contributed by atoms with Crippen LogP contribution in [0.3, 0.4) is 0 Å². The summed E-state index contributed by atoms with van der Waals surface area (Å²) in [6.45, 7) is 2.20. The van der Waals surface area contributed by atoms with Gasteiger partial charge in [-0.1, -0.05) is 41.9 Å². The molecule has 0 N–H and O–H groups in total. The normalized spacial score (nSPS) is 12.0. The predicted octanol–water partition coefficient (Wildman–Crippen LogP) is 4.27. The zero-order valence-corrected chi connectivity index (χ0v) is 16.6. The first-order valence-electron chi connectivity index (χ1n) is 7.48. The second-order valence-corrected chi connectivity index (χ2v) is 9.27. The minimum atomic E-state index is -3.38. The molecule has 0 bridgehead atoms. The molecule has 2 aromatic rings. The van der Waals surface area contributed by atoms with E-state index < -0.39 is 10.0 Å². The Morgan fingerprint density at radius 2 is 1.88 bits per heavy atom. The molecule has 0 atom stereocenters. The molecule has 0 amide bonds. The van der Waals surface area contributed by atoms with Crippen LogP contribution in [0.25, 0.3) is 0 Å². The van der Waals surface area contributed by atoms with Crippen molar-refractivity contribution >= 4 is 45.8 Å². The van der Waals surface area contributed by atoms with Crippen molar-refractivity contribution in [3.8, 4) is 0 Å². The molecular weight excluding hydrogens is 378 g/mol. The highest BCUT2D eigenvalue weighted by molar-refractivity contribution is 8.07. The van der Waals surface area contributed by atoms with Crippen molar-refractivity contribution in [2.75, 3.05) is 13.3 Å². The summed E-state index contributed by atoms with van der Waals surface area (Å²) in [4.78, 5) is 4.39. The van der Waals surface area contributed by atoms with E-state index in [1.54, 1.807) is 23.8 Å². The van der Waals surface area contributed by atoms with Crippen LogP contribution in [0.4, 0.5) is 5.69 Å². The number of nitrogens with zero attached hydrogens (tertiary/aromatic N) is 3.